The Kier molecular flexibility index (Phi) is 4.33. The van der Waals surface area contributed by atoms with Crippen LogP contribution in [0.4, 0.5) is 4.79 Å². The predicted octanol–water partition coefficient (Wildman–Crippen LogP) is 2.70. The molecule has 29 heavy (non-hydrogen) atoms. The number of hydrogen-bond acceptors (Lipinski definition) is 5. The van der Waals surface area contributed by atoms with Crippen LogP contribution in [0.25, 0.3) is 0 Å². The third-order valence-electron chi connectivity index (χ3n) is 7.76. The summed E-state index contributed by atoms with van der Waals surface area (Å²) >= 11 is 0. The van der Waals surface area contributed by atoms with E-state index in [0.29, 0.717) is 19.0 Å². The number of nitrogens with two attached hydrogens (primary N) is 1. The SMILES string of the molecule is Cc1cc(C)nc(C2CCN(C(=O)OC3[C@@H]4CC5C[C@H]3CC(C(N)=O)(C5)C4)C2)n1. The number of nitrogens with zero attached hydrogens (tertiary/aromatic N) is 3. The number of aryl methyl sites for hydroxylation is 2. The van der Waals surface area contributed by atoms with Gasteiger partial charge in [-0.1, -0.05) is 0 Å². The first-order valence-corrected chi connectivity index (χ1v) is 10.9. The van der Waals surface area contributed by atoms with Crippen LogP contribution in [0.5, 0.6) is 0 Å². The van der Waals surface area contributed by atoms with Crippen LogP contribution in [0, 0.1) is 37.0 Å². The lowest BCUT2D eigenvalue weighted by molar-refractivity contribution is -0.161. The van der Waals surface area contributed by atoms with Gasteiger partial charge in [-0.05, 0) is 76.2 Å². The largest absolute Gasteiger partial charge is 0.446 e. The summed E-state index contributed by atoms with van der Waals surface area (Å²) in [6, 6.07) is 1.97. The fourth-order valence-corrected chi connectivity index (χ4v) is 6.74. The molecule has 4 aliphatic carbocycles. The Balaban J connectivity index is 1.24. The fraction of sp³-hybridized carbons (Fsp3) is 0.727. The predicted molar refractivity (Wildman–Crippen MR) is 106 cm³/mol. The Bertz CT molecular complexity index is 820. The summed E-state index contributed by atoms with van der Waals surface area (Å²) in [5.41, 5.74) is 7.34. The number of carbonyl (C=O) groups is 2. The lowest BCUT2D eigenvalue weighted by atomic mass is 9.48. The van der Waals surface area contributed by atoms with Crippen molar-refractivity contribution >= 4 is 12.0 Å². The molecule has 7 heteroatoms. The minimum Gasteiger partial charge on any atom is -0.446 e. The summed E-state index contributed by atoms with van der Waals surface area (Å²) in [6.07, 6.45) is 5.19. The molecule has 2 amide bonds. The van der Waals surface area contributed by atoms with Crippen molar-refractivity contribution < 1.29 is 14.3 Å². The molecule has 0 aromatic carbocycles. The van der Waals surface area contributed by atoms with Crippen LogP contribution in [-0.4, -0.2) is 46.1 Å². The monoisotopic (exact) mass is 398 g/mol. The lowest BCUT2D eigenvalue weighted by Gasteiger charge is -2.58. The molecule has 6 atom stereocenters. The Morgan fingerprint density at radius 3 is 2.41 bits per heavy atom. The normalized spacial score (nSPS) is 37.7. The Morgan fingerprint density at radius 1 is 1.14 bits per heavy atom. The highest BCUT2D eigenvalue weighted by Crippen LogP contribution is 2.60. The number of aromatic nitrogens is 2. The quantitative estimate of drug-likeness (QED) is 0.844. The number of hydrogen-bond donors (Lipinski definition) is 1. The van der Waals surface area contributed by atoms with Crippen LogP contribution < -0.4 is 5.73 Å². The van der Waals surface area contributed by atoms with Crippen LogP contribution in [0.2, 0.25) is 0 Å². The zero-order chi connectivity index (χ0) is 20.3. The highest BCUT2D eigenvalue weighted by molar-refractivity contribution is 5.81. The first kappa shape index (κ1) is 18.8. The van der Waals surface area contributed by atoms with Gasteiger partial charge < -0.3 is 15.4 Å². The van der Waals surface area contributed by atoms with E-state index >= 15 is 0 Å². The van der Waals surface area contributed by atoms with Crippen LogP contribution >= 0.6 is 0 Å². The maximum atomic E-state index is 12.9. The summed E-state index contributed by atoms with van der Waals surface area (Å²) < 4.78 is 6.06. The first-order chi connectivity index (χ1) is 13.8. The zero-order valence-corrected chi connectivity index (χ0v) is 17.3. The van der Waals surface area contributed by atoms with E-state index in [1.165, 1.54) is 0 Å². The standard InChI is InChI=1S/C22H30N4O3/c1-12-5-13(2)25-19(24-12)15-3-4-26(11-15)21(28)29-18-16-6-14-7-17(18)10-22(8-14,9-16)20(23)27/h5,14-18H,3-4,6-11H2,1-2H3,(H2,23,27)/t14?,15?,16-,17+,18?,22?. The molecule has 2 N–H and O–H groups in total. The van der Waals surface area contributed by atoms with Crippen molar-refractivity contribution in [1.29, 1.82) is 0 Å². The highest BCUT2D eigenvalue weighted by Gasteiger charge is 2.59. The lowest BCUT2D eigenvalue weighted by Crippen LogP contribution is -2.59. The molecule has 4 bridgehead atoms. The second kappa shape index (κ2) is 6.67. The van der Waals surface area contributed by atoms with Gasteiger partial charge in [0.25, 0.3) is 0 Å². The van der Waals surface area contributed by atoms with Gasteiger partial charge in [-0.2, -0.15) is 0 Å². The van der Waals surface area contributed by atoms with Gasteiger partial charge in [0.15, 0.2) is 0 Å². The number of amides is 2. The smallest absolute Gasteiger partial charge is 0.410 e. The van der Waals surface area contributed by atoms with Crippen LogP contribution in [0.3, 0.4) is 0 Å². The van der Waals surface area contributed by atoms with Crippen molar-refractivity contribution in [3.05, 3.63) is 23.3 Å². The second-order valence-electron chi connectivity index (χ2n) is 9.90. The van der Waals surface area contributed by atoms with Gasteiger partial charge in [-0.3, -0.25) is 4.79 Å². The number of likely N-dealkylation sites (tertiary alicyclic amines) is 1. The molecule has 1 aliphatic heterocycles. The molecule has 0 spiro atoms. The summed E-state index contributed by atoms with van der Waals surface area (Å²) in [4.78, 5) is 36.0. The molecule has 5 fully saturated rings. The van der Waals surface area contributed by atoms with Crippen LogP contribution in [-0.2, 0) is 9.53 Å². The average Bonchev–Trinajstić information content (AvgIpc) is 3.13. The van der Waals surface area contributed by atoms with Gasteiger partial charge in [0.1, 0.15) is 11.9 Å². The molecule has 5 aliphatic rings. The number of primary amides is 1. The van der Waals surface area contributed by atoms with Crippen molar-refractivity contribution in [3.8, 4) is 0 Å². The number of rotatable bonds is 3. The molecule has 4 saturated carbocycles. The highest BCUT2D eigenvalue weighted by atomic mass is 16.6. The molecule has 0 radical (unpaired) electrons. The summed E-state index contributed by atoms with van der Waals surface area (Å²) in [5, 5.41) is 0. The van der Waals surface area contributed by atoms with Crippen molar-refractivity contribution in [3.63, 3.8) is 0 Å². The Morgan fingerprint density at radius 2 is 1.79 bits per heavy atom. The van der Waals surface area contributed by atoms with Gasteiger partial charge in [0.05, 0.1) is 5.41 Å². The minimum absolute atomic E-state index is 0.0666. The molecule has 7 nitrogen and oxygen atoms in total. The molecule has 1 saturated heterocycles. The van der Waals surface area contributed by atoms with Gasteiger partial charge in [0.2, 0.25) is 5.91 Å². The van der Waals surface area contributed by atoms with Crippen molar-refractivity contribution in [2.24, 2.45) is 28.9 Å². The molecule has 6 rings (SSSR count). The van der Waals surface area contributed by atoms with E-state index in [4.69, 9.17) is 10.5 Å². The van der Waals surface area contributed by atoms with Crippen molar-refractivity contribution in [2.75, 3.05) is 13.1 Å². The average molecular weight is 399 g/mol. The molecular formula is C22H30N4O3. The van der Waals surface area contributed by atoms with E-state index in [-0.39, 0.29) is 41.3 Å². The minimum atomic E-state index is -0.349. The van der Waals surface area contributed by atoms with Crippen LogP contribution in [0.15, 0.2) is 6.07 Å². The number of ether oxygens (including phenoxy) is 1. The maximum Gasteiger partial charge on any atom is 0.410 e. The van der Waals surface area contributed by atoms with E-state index in [9.17, 15) is 9.59 Å². The number of carbonyl (C=O) groups excluding carboxylic acids is 2. The molecule has 4 unspecified atom stereocenters. The molecule has 1 aromatic rings. The third-order valence-corrected chi connectivity index (χ3v) is 7.76. The summed E-state index contributed by atoms with van der Waals surface area (Å²) in [7, 11) is 0. The zero-order valence-electron chi connectivity index (χ0n) is 17.3. The van der Waals surface area contributed by atoms with Gasteiger partial charge in [-0.25, -0.2) is 14.8 Å². The Labute approximate surface area is 171 Å². The van der Waals surface area contributed by atoms with Gasteiger partial charge in [0, 0.05) is 30.4 Å². The summed E-state index contributed by atoms with van der Waals surface area (Å²) in [6.45, 7) is 5.24. The maximum absolute atomic E-state index is 12.9. The van der Waals surface area contributed by atoms with E-state index in [1.54, 1.807) is 4.90 Å². The molecule has 156 valence electrons. The summed E-state index contributed by atoms with van der Waals surface area (Å²) in [5.74, 6) is 1.96. The van der Waals surface area contributed by atoms with Crippen molar-refractivity contribution in [1.82, 2.24) is 14.9 Å². The van der Waals surface area contributed by atoms with Crippen molar-refractivity contribution in [2.45, 2.75) is 64.4 Å². The molecule has 1 aromatic heterocycles. The third kappa shape index (κ3) is 3.19. The fourth-order valence-electron chi connectivity index (χ4n) is 6.74. The second-order valence-corrected chi connectivity index (χ2v) is 9.90. The Hall–Kier alpha value is -2.18. The van der Waals surface area contributed by atoms with E-state index in [1.807, 2.05) is 19.9 Å². The topological polar surface area (TPSA) is 98.4 Å². The van der Waals surface area contributed by atoms with Gasteiger partial charge in [-0.15, -0.1) is 0 Å². The van der Waals surface area contributed by atoms with E-state index < -0.39 is 0 Å². The van der Waals surface area contributed by atoms with E-state index in [0.717, 1.165) is 55.7 Å². The van der Waals surface area contributed by atoms with E-state index in [2.05, 4.69) is 9.97 Å². The van der Waals surface area contributed by atoms with Gasteiger partial charge >= 0.3 is 6.09 Å². The molecular weight excluding hydrogens is 368 g/mol. The van der Waals surface area contributed by atoms with Crippen LogP contribution in [0.1, 0.15) is 61.7 Å². The molecule has 2 heterocycles. The first-order valence-electron chi connectivity index (χ1n) is 10.9.